The van der Waals surface area contributed by atoms with Gasteiger partial charge in [0.05, 0.1) is 33.9 Å². The summed E-state index contributed by atoms with van der Waals surface area (Å²) in [5.41, 5.74) is -3.42. The average Bonchev–Trinajstić information content (AvgIpc) is 3.47. The number of sulfone groups is 1. The Morgan fingerprint density at radius 3 is 2.44 bits per heavy atom. The van der Waals surface area contributed by atoms with Crippen molar-refractivity contribution in [1.82, 2.24) is 19.4 Å². The number of carbonyl (C=O) groups is 1. The van der Waals surface area contributed by atoms with Crippen LogP contribution in [0.15, 0.2) is 46.1 Å². The van der Waals surface area contributed by atoms with Crippen molar-refractivity contribution in [2.75, 3.05) is 25.4 Å². The molecular weight excluding hydrogens is 662 g/mol. The number of rotatable bonds is 7. The molecule has 1 amide bonds. The maximum Gasteiger partial charge on any atom is 0.417 e. The summed E-state index contributed by atoms with van der Waals surface area (Å²) in [5, 5.41) is 31.3. The molecule has 0 aliphatic carbocycles. The van der Waals surface area contributed by atoms with Gasteiger partial charge in [-0.1, -0.05) is 29.3 Å². The quantitative estimate of drug-likeness (QED) is 0.376. The highest BCUT2D eigenvalue weighted by Crippen LogP contribution is 2.41. The van der Waals surface area contributed by atoms with Crippen LogP contribution in [0.4, 0.5) is 13.2 Å². The summed E-state index contributed by atoms with van der Waals surface area (Å²) >= 11 is 12.6. The van der Waals surface area contributed by atoms with Crippen LogP contribution in [0.25, 0.3) is 0 Å². The number of aromatic nitrogens is 2. The highest BCUT2D eigenvalue weighted by molar-refractivity contribution is 7.91. The number of aromatic hydroxyl groups is 1. The lowest BCUT2D eigenvalue weighted by molar-refractivity contribution is -0.137. The normalized spacial score (nSPS) is 18.1. The van der Waals surface area contributed by atoms with Gasteiger partial charge in [-0.25, -0.2) is 8.42 Å². The van der Waals surface area contributed by atoms with E-state index in [1.165, 1.54) is 10.6 Å². The SMILES string of the molecule is N#Cc1ccc(S(=O)(=O)CCN2CCn3c([C@@H]4CCCN4C(O)c4c(Cl)cccc4Cl)nc(=O)c(O)c3C2=O)cc1C(F)(F)F. The van der Waals surface area contributed by atoms with E-state index in [9.17, 15) is 41.4 Å². The standard InChI is InChI=1S/C28H24Cl2F3N5O6S/c29-18-3-1-4-19(30)21(18)26(41)37-8-2-5-20(37)24-35-25(40)23(39)22-27(42)36(9-10-38(22)24)11-12-45(43,44)16-7-6-15(14-34)17(13-16)28(31,32)33/h1,3-4,6-7,13,20,26,39,41H,2,5,8-12H2/t20-,26?/m0/s1. The summed E-state index contributed by atoms with van der Waals surface area (Å²) in [7, 11) is -4.36. The van der Waals surface area contributed by atoms with Gasteiger partial charge in [0.1, 0.15) is 12.1 Å². The molecule has 1 fully saturated rings. The predicted molar refractivity (Wildman–Crippen MR) is 154 cm³/mol. The molecule has 2 N–H and O–H groups in total. The fourth-order valence-electron chi connectivity index (χ4n) is 5.62. The molecule has 0 bridgehead atoms. The van der Waals surface area contributed by atoms with Crippen molar-refractivity contribution in [2.45, 2.75) is 42.7 Å². The highest BCUT2D eigenvalue weighted by Gasteiger charge is 2.40. The zero-order valence-electron chi connectivity index (χ0n) is 23.1. The van der Waals surface area contributed by atoms with E-state index in [0.717, 1.165) is 17.0 Å². The highest BCUT2D eigenvalue weighted by atomic mass is 35.5. The van der Waals surface area contributed by atoms with Gasteiger partial charge in [-0.2, -0.15) is 23.4 Å². The molecule has 5 rings (SSSR count). The molecule has 1 unspecified atom stereocenters. The second-order valence-electron chi connectivity index (χ2n) is 10.5. The third-order valence-corrected chi connectivity index (χ3v) is 10.2. The summed E-state index contributed by atoms with van der Waals surface area (Å²) in [6, 6.07) is 7.47. The minimum absolute atomic E-state index is 0.0142. The van der Waals surface area contributed by atoms with Crippen LogP contribution in [0, 0.1) is 11.3 Å². The second kappa shape index (κ2) is 12.3. The summed E-state index contributed by atoms with van der Waals surface area (Å²) < 4.78 is 67.5. The Balaban J connectivity index is 1.42. The van der Waals surface area contributed by atoms with Crippen molar-refractivity contribution in [2.24, 2.45) is 0 Å². The van der Waals surface area contributed by atoms with Gasteiger partial charge in [0, 0.05) is 41.8 Å². The molecule has 11 nitrogen and oxygen atoms in total. The Labute approximate surface area is 264 Å². The minimum atomic E-state index is -4.97. The molecule has 1 aromatic heterocycles. The number of hydrogen-bond acceptors (Lipinski definition) is 9. The van der Waals surface area contributed by atoms with Gasteiger partial charge in [0.2, 0.25) is 5.75 Å². The fraction of sp³-hybridized carbons (Fsp3) is 0.357. The molecule has 0 saturated carbocycles. The van der Waals surface area contributed by atoms with Gasteiger partial charge in [-0.15, -0.1) is 0 Å². The first-order valence-corrected chi connectivity index (χ1v) is 15.9. The van der Waals surface area contributed by atoms with Crippen LogP contribution in [-0.2, 0) is 22.6 Å². The number of nitrogens with zero attached hydrogens (tertiary/aromatic N) is 5. The first-order chi connectivity index (χ1) is 21.2. The molecule has 17 heteroatoms. The van der Waals surface area contributed by atoms with E-state index in [0.29, 0.717) is 25.5 Å². The molecule has 0 radical (unpaired) electrons. The Bertz CT molecular complexity index is 1880. The summed E-state index contributed by atoms with van der Waals surface area (Å²) in [5.74, 6) is -2.50. The Kier molecular flexibility index (Phi) is 8.91. The van der Waals surface area contributed by atoms with Crippen LogP contribution in [0.5, 0.6) is 5.75 Å². The molecule has 2 aromatic carbocycles. The van der Waals surface area contributed by atoms with Gasteiger partial charge in [0.15, 0.2) is 15.5 Å². The number of nitriles is 1. The van der Waals surface area contributed by atoms with Gasteiger partial charge >= 0.3 is 11.7 Å². The molecular formula is C28H24Cl2F3N5O6S. The minimum Gasteiger partial charge on any atom is -0.501 e. The van der Waals surface area contributed by atoms with Crippen LogP contribution in [0.1, 0.15) is 58.1 Å². The van der Waals surface area contributed by atoms with Crippen LogP contribution < -0.4 is 5.56 Å². The first-order valence-electron chi connectivity index (χ1n) is 13.5. The number of aliphatic hydroxyl groups excluding tert-OH is 1. The number of halogens is 5. The van der Waals surface area contributed by atoms with E-state index in [1.807, 2.05) is 0 Å². The van der Waals surface area contributed by atoms with Crippen LogP contribution >= 0.6 is 23.2 Å². The lowest BCUT2D eigenvalue weighted by Crippen LogP contribution is -2.46. The van der Waals surface area contributed by atoms with E-state index in [2.05, 4.69) is 4.98 Å². The molecule has 3 heterocycles. The number of alkyl halides is 3. The molecule has 3 aromatic rings. The molecule has 238 valence electrons. The Morgan fingerprint density at radius 2 is 1.80 bits per heavy atom. The average molecular weight is 686 g/mol. The molecule has 2 aliphatic rings. The van der Waals surface area contributed by atoms with Crippen molar-refractivity contribution < 1.29 is 36.6 Å². The lowest BCUT2D eigenvalue weighted by atomic mass is 10.1. The van der Waals surface area contributed by atoms with E-state index in [-0.39, 0.29) is 34.5 Å². The molecule has 45 heavy (non-hydrogen) atoms. The van der Waals surface area contributed by atoms with Gasteiger partial charge < -0.3 is 19.7 Å². The topological polar surface area (TPSA) is 157 Å². The van der Waals surface area contributed by atoms with Gasteiger partial charge in [-0.05, 0) is 43.2 Å². The van der Waals surface area contributed by atoms with Crippen LogP contribution in [0.2, 0.25) is 10.0 Å². The van der Waals surface area contributed by atoms with Gasteiger partial charge in [-0.3, -0.25) is 14.5 Å². The summed E-state index contributed by atoms with van der Waals surface area (Å²) in [6.07, 6.45) is -5.25. The van der Waals surface area contributed by atoms with E-state index >= 15 is 0 Å². The number of fused-ring (bicyclic) bond motifs is 1. The molecule has 2 aliphatic heterocycles. The third kappa shape index (κ3) is 6.12. The maximum absolute atomic E-state index is 13.5. The smallest absolute Gasteiger partial charge is 0.417 e. The van der Waals surface area contributed by atoms with Crippen LogP contribution in [-0.4, -0.2) is 69.3 Å². The number of amides is 1. The second-order valence-corrected chi connectivity index (χ2v) is 13.4. The van der Waals surface area contributed by atoms with Crippen molar-refractivity contribution in [3.63, 3.8) is 0 Å². The lowest BCUT2D eigenvalue weighted by Gasteiger charge is -2.35. The maximum atomic E-state index is 13.5. The van der Waals surface area contributed by atoms with Crippen molar-refractivity contribution in [3.05, 3.63) is 85.0 Å². The molecule has 0 spiro atoms. The number of benzene rings is 2. The van der Waals surface area contributed by atoms with Crippen molar-refractivity contribution >= 4 is 38.9 Å². The zero-order valence-corrected chi connectivity index (χ0v) is 25.5. The first kappa shape index (κ1) is 32.7. The molecule has 1 saturated heterocycles. The monoisotopic (exact) mass is 685 g/mol. The number of carbonyl (C=O) groups excluding carboxylic acids is 1. The number of aliphatic hydroxyl groups is 1. The van der Waals surface area contributed by atoms with E-state index in [1.54, 1.807) is 23.1 Å². The van der Waals surface area contributed by atoms with Gasteiger partial charge in [0.25, 0.3) is 5.91 Å². The zero-order chi connectivity index (χ0) is 32.8. The van der Waals surface area contributed by atoms with Crippen molar-refractivity contribution in [3.8, 4) is 11.8 Å². The Hall–Kier alpha value is -3.68. The van der Waals surface area contributed by atoms with E-state index < -0.39 is 79.5 Å². The summed E-state index contributed by atoms with van der Waals surface area (Å²) in [4.78, 5) is 32.3. The fourth-order valence-corrected chi connectivity index (χ4v) is 7.49. The van der Waals surface area contributed by atoms with Crippen LogP contribution in [0.3, 0.4) is 0 Å². The molecule has 2 atom stereocenters. The third-order valence-electron chi connectivity index (χ3n) is 7.84. The van der Waals surface area contributed by atoms with E-state index in [4.69, 9.17) is 28.5 Å². The predicted octanol–water partition coefficient (Wildman–Crippen LogP) is 3.90. The Morgan fingerprint density at radius 1 is 1.11 bits per heavy atom. The van der Waals surface area contributed by atoms with Crippen molar-refractivity contribution in [1.29, 1.82) is 5.26 Å². The summed E-state index contributed by atoms with van der Waals surface area (Å²) in [6.45, 7) is -0.194. The largest absolute Gasteiger partial charge is 0.501 e. The number of hydrogen-bond donors (Lipinski definition) is 2. The number of likely N-dealkylation sites (tertiary alicyclic amines) is 1.